The average Bonchev–Trinajstić information content (AvgIpc) is 2.62. The zero-order chi connectivity index (χ0) is 9.47. The molecule has 2 aliphatic carbocycles. The maximum Gasteiger partial charge on any atom is 0.226 e. The van der Waals surface area contributed by atoms with Crippen molar-refractivity contribution in [3.63, 3.8) is 0 Å². The lowest BCUT2D eigenvalue weighted by atomic mass is 9.83. The van der Waals surface area contributed by atoms with Gasteiger partial charge in [0.15, 0.2) is 0 Å². The van der Waals surface area contributed by atoms with Gasteiger partial charge >= 0.3 is 0 Å². The highest BCUT2D eigenvalue weighted by Gasteiger charge is 2.49. The van der Waals surface area contributed by atoms with Crippen LogP contribution in [0.2, 0.25) is 0 Å². The van der Waals surface area contributed by atoms with Crippen molar-refractivity contribution in [2.24, 2.45) is 11.3 Å². The molecule has 0 heterocycles. The van der Waals surface area contributed by atoms with Gasteiger partial charge in [0.2, 0.25) is 5.91 Å². The SMILES string of the molecule is CC(C)NC(=O)C12CCC(CC1)C2. The third-order valence-corrected chi connectivity index (χ3v) is 3.64. The van der Waals surface area contributed by atoms with Crippen LogP contribution in [0.5, 0.6) is 0 Å². The second kappa shape index (κ2) is 3.00. The minimum absolute atomic E-state index is 0.0505. The molecule has 0 aliphatic heterocycles. The van der Waals surface area contributed by atoms with E-state index in [2.05, 4.69) is 5.32 Å². The van der Waals surface area contributed by atoms with E-state index in [0.29, 0.717) is 11.9 Å². The summed E-state index contributed by atoms with van der Waals surface area (Å²) in [6, 6.07) is 0.293. The molecule has 0 unspecified atom stereocenters. The molecule has 1 N–H and O–H groups in total. The zero-order valence-corrected chi connectivity index (χ0v) is 8.60. The highest BCUT2D eigenvalue weighted by Crippen LogP contribution is 2.54. The van der Waals surface area contributed by atoms with E-state index >= 15 is 0 Å². The summed E-state index contributed by atoms with van der Waals surface area (Å²) < 4.78 is 0. The Labute approximate surface area is 80.1 Å². The van der Waals surface area contributed by atoms with Gasteiger partial charge in [-0.05, 0) is 51.9 Å². The molecule has 0 spiro atoms. The van der Waals surface area contributed by atoms with Crippen LogP contribution < -0.4 is 5.32 Å². The van der Waals surface area contributed by atoms with Crippen LogP contribution in [0.25, 0.3) is 0 Å². The summed E-state index contributed by atoms with van der Waals surface area (Å²) >= 11 is 0. The Balaban J connectivity index is 2.03. The summed E-state index contributed by atoms with van der Waals surface area (Å²) in [7, 11) is 0. The Morgan fingerprint density at radius 1 is 1.38 bits per heavy atom. The summed E-state index contributed by atoms with van der Waals surface area (Å²) in [4.78, 5) is 11.9. The smallest absolute Gasteiger partial charge is 0.226 e. The van der Waals surface area contributed by atoms with Crippen molar-refractivity contribution < 1.29 is 4.79 Å². The van der Waals surface area contributed by atoms with E-state index in [-0.39, 0.29) is 5.41 Å². The first-order valence-electron chi connectivity index (χ1n) is 5.43. The van der Waals surface area contributed by atoms with Crippen molar-refractivity contribution in [1.29, 1.82) is 0 Å². The Kier molecular flexibility index (Phi) is 2.09. The molecule has 74 valence electrons. The van der Waals surface area contributed by atoms with Gasteiger partial charge in [0.25, 0.3) is 0 Å². The third-order valence-electron chi connectivity index (χ3n) is 3.64. The fourth-order valence-corrected chi connectivity index (χ4v) is 2.93. The van der Waals surface area contributed by atoms with E-state index in [1.165, 1.54) is 12.8 Å². The third kappa shape index (κ3) is 1.47. The number of amides is 1. The van der Waals surface area contributed by atoms with E-state index < -0.39 is 0 Å². The lowest BCUT2D eigenvalue weighted by Gasteiger charge is -2.26. The highest BCUT2D eigenvalue weighted by molar-refractivity contribution is 5.83. The van der Waals surface area contributed by atoms with Crippen LogP contribution in [0, 0.1) is 11.3 Å². The summed E-state index contributed by atoms with van der Waals surface area (Å²) in [5, 5.41) is 3.06. The van der Waals surface area contributed by atoms with Crippen LogP contribution >= 0.6 is 0 Å². The van der Waals surface area contributed by atoms with Gasteiger partial charge in [-0.1, -0.05) is 0 Å². The molecule has 2 saturated carbocycles. The molecule has 2 aliphatic rings. The van der Waals surface area contributed by atoms with Crippen molar-refractivity contribution in [2.75, 3.05) is 0 Å². The maximum absolute atomic E-state index is 11.9. The minimum atomic E-state index is 0.0505. The lowest BCUT2D eigenvalue weighted by Crippen LogP contribution is -2.41. The number of hydrogen-bond donors (Lipinski definition) is 1. The second-order valence-corrected chi connectivity index (χ2v) is 5.06. The molecule has 2 rings (SSSR count). The first-order valence-corrected chi connectivity index (χ1v) is 5.43. The van der Waals surface area contributed by atoms with Crippen molar-refractivity contribution in [1.82, 2.24) is 5.32 Å². The van der Waals surface area contributed by atoms with Crippen molar-refractivity contribution in [2.45, 2.75) is 52.0 Å². The molecule has 1 amide bonds. The van der Waals surface area contributed by atoms with E-state index in [0.717, 1.165) is 25.2 Å². The highest BCUT2D eigenvalue weighted by atomic mass is 16.2. The van der Waals surface area contributed by atoms with Gasteiger partial charge < -0.3 is 5.32 Å². The topological polar surface area (TPSA) is 29.1 Å². The van der Waals surface area contributed by atoms with Gasteiger partial charge in [-0.2, -0.15) is 0 Å². The van der Waals surface area contributed by atoms with Gasteiger partial charge in [-0.15, -0.1) is 0 Å². The van der Waals surface area contributed by atoms with Crippen molar-refractivity contribution >= 4 is 5.91 Å². The summed E-state index contributed by atoms with van der Waals surface area (Å²) in [6.07, 6.45) is 6.00. The second-order valence-electron chi connectivity index (χ2n) is 5.06. The maximum atomic E-state index is 11.9. The number of rotatable bonds is 2. The predicted molar refractivity (Wildman–Crippen MR) is 52.3 cm³/mol. The van der Waals surface area contributed by atoms with E-state index in [1.807, 2.05) is 13.8 Å². The molecule has 0 atom stereocenters. The fourth-order valence-electron chi connectivity index (χ4n) is 2.93. The molecule has 0 aromatic heterocycles. The molecule has 0 aromatic carbocycles. The van der Waals surface area contributed by atoms with Crippen LogP contribution in [0.15, 0.2) is 0 Å². The Morgan fingerprint density at radius 2 is 2.00 bits per heavy atom. The molecule has 0 saturated heterocycles. The largest absolute Gasteiger partial charge is 0.353 e. The summed E-state index contributed by atoms with van der Waals surface area (Å²) in [5.74, 6) is 1.18. The van der Waals surface area contributed by atoms with Gasteiger partial charge in [0.1, 0.15) is 0 Å². The van der Waals surface area contributed by atoms with Crippen LogP contribution in [-0.2, 0) is 4.79 Å². The standard InChI is InChI=1S/C11H19NO/c1-8(2)12-10(13)11-5-3-9(7-11)4-6-11/h8-9H,3-7H2,1-2H3,(H,12,13). The molecule has 2 heteroatoms. The first kappa shape index (κ1) is 9.04. The number of carbonyl (C=O) groups is 1. The zero-order valence-electron chi connectivity index (χ0n) is 8.60. The Hall–Kier alpha value is -0.530. The van der Waals surface area contributed by atoms with Crippen LogP contribution in [0.3, 0.4) is 0 Å². The number of carbonyl (C=O) groups excluding carboxylic acids is 1. The van der Waals surface area contributed by atoms with Crippen molar-refractivity contribution in [3.05, 3.63) is 0 Å². The Morgan fingerprint density at radius 3 is 2.38 bits per heavy atom. The minimum Gasteiger partial charge on any atom is -0.353 e. The predicted octanol–water partition coefficient (Wildman–Crippen LogP) is 2.09. The molecular weight excluding hydrogens is 162 g/mol. The lowest BCUT2D eigenvalue weighted by molar-refractivity contribution is -0.131. The normalized spacial score (nSPS) is 37.0. The molecule has 0 radical (unpaired) electrons. The molecule has 2 fully saturated rings. The van der Waals surface area contributed by atoms with Crippen LogP contribution in [-0.4, -0.2) is 11.9 Å². The quantitative estimate of drug-likeness (QED) is 0.694. The summed E-state index contributed by atoms with van der Waals surface area (Å²) in [5.41, 5.74) is 0.0505. The summed E-state index contributed by atoms with van der Waals surface area (Å²) in [6.45, 7) is 4.08. The molecule has 2 bridgehead atoms. The average molecular weight is 181 g/mol. The van der Waals surface area contributed by atoms with Crippen LogP contribution in [0.1, 0.15) is 46.0 Å². The first-order chi connectivity index (χ1) is 6.12. The monoisotopic (exact) mass is 181 g/mol. The van der Waals surface area contributed by atoms with Crippen molar-refractivity contribution in [3.8, 4) is 0 Å². The molecule has 0 aromatic rings. The number of hydrogen-bond acceptors (Lipinski definition) is 1. The fraction of sp³-hybridized carbons (Fsp3) is 0.909. The molecule has 2 nitrogen and oxygen atoms in total. The molecular formula is C11H19NO. The van der Waals surface area contributed by atoms with Gasteiger partial charge in [0, 0.05) is 11.5 Å². The van der Waals surface area contributed by atoms with Crippen LogP contribution in [0.4, 0.5) is 0 Å². The van der Waals surface area contributed by atoms with E-state index in [9.17, 15) is 4.79 Å². The van der Waals surface area contributed by atoms with Gasteiger partial charge in [0.05, 0.1) is 0 Å². The van der Waals surface area contributed by atoms with Gasteiger partial charge in [-0.25, -0.2) is 0 Å². The number of fused-ring (bicyclic) bond motifs is 2. The van der Waals surface area contributed by atoms with E-state index in [1.54, 1.807) is 0 Å². The molecule has 13 heavy (non-hydrogen) atoms. The van der Waals surface area contributed by atoms with E-state index in [4.69, 9.17) is 0 Å². The Bertz CT molecular complexity index is 214. The number of nitrogens with one attached hydrogen (secondary N) is 1. The van der Waals surface area contributed by atoms with Gasteiger partial charge in [-0.3, -0.25) is 4.79 Å².